The molecule has 0 aliphatic heterocycles. The topological polar surface area (TPSA) is 30.5 Å². The van der Waals surface area contributed by atoms with Crippen LogP contribution in [0.15, 0.2) is 66.7 Å². The maximum Gasteiger partial charge on any atom is 0.161 e. The van der Waals surface area contributed by atoms with E-state index in [9.17, 15) is 4.39 Å². The highest BCUT2D eigenvalue weighted by Gasteiger charge is 2.07. The van der Waals surface area contributed by atoms with Gasteiger partial charge in [-0.25, -0.2) is 4.39 Å². The Kier molecular flexibility index (Phi) is 8.58. The molecule has 6 heteroatoms. The van der Waals surface area contributed by atoms with E-state index in [2.05, 4.69) is 5.32 Å². The predicted molar refractivity (Wildman–Crippen MR) is 113 cm³/mol. The van der Waals surface area contributed by atoms with Crippen molar-refractivity contribution in [1.29, 1.82) is 0 Å². The van der Waals surface area contributed by atoms with Crippen LogP contribution in [0.5, 0.6) is 11.5 Å². The number of ether oxygens (including phenoxy) is 2. The van der Waals surface area contributed by atoms with Gasteiger partial charge in [0.25, 0.3) is 0 Å². The van der Waals surface area contributed by atoms with E-state index in [4.69, 9.17) is 21.1 Å². The van der Waals surface area contributed by atoms with Crippen LogP contribution in [-0.4, -0.2) is 7.11 Å². The molecule has 3 aromatic carbocycles. The first kappa shape index (κ1) is 22.0. The smallest absolute Gasteiger partial charge is 0.161 e. The first-order valence-corrected chi connectivity index (χ1v) is 9.01. The molecule has 0 atom stereocenters. The molecule has 0 aliphatic carbocycles. The van der Waals surface area contributed by atoms with E-state index in [1.54, 1.807) is 19.2 Å². The molecule has 3 aromatic rings. The van der Waals surface area contributed by atoms with Gasteiger partial charge in [0, 0.05) is 18.1 Å². The van der Waals surface area contributed by atoms with E-state index in [1.807, 2.05) is 42.5 Å². The van der Waals surface area contributed by atoms with Crippen LogP contribution in [0.25, 0.3) is 0 Å². The second-order valence-corrected chi connectivity index (χ2v) is 6.57. The van der Waals surface area contributed by atoms with E-state index in [1.165, 1.54) is 12.1 Å². The van der Waals surface area contributed by atoms with Crippen molar-refractivity contribution >= 4 is 24.0 Å². The zero-order chi connectivity index (χ0) is 19.1. The lowest BCUT2D eigenvalue weighted by atomic mass is 10.2. The van der Waals surface area contributed by atoms with Gasteiger partial charge in [-0.3, -0.25) is 0 Å². The summed E-state index contributed by atoms with van der Waals surface area (Å²) in [4.78, 5) is 0. The lowest BCUT2D eigenvalue weighted by Crippen LogP contribution is -2.12. The molecule has 28 heavy (non-hydrogen) atoms. The van der Waals surface area contributed by atoms with Crippen LogP contribution in [-0.2, 0) is 19.7 Å². The quantitative estimate of drug-likeness (QED) is 0.499. The lowest BCUT2D eigenvalue weighted by molar-refractivity contribution is 0.284. The van der Waals surface area contributed by atoms with Crippen molar-refractivity contribution in [2.24, 2.45) is 0 Å². The summed E-state index contributed by atoms with van der Waals surface area (Å²) in [6.07, 6.45) is 0. The van der Waals surface area contributed by atoms with Gasteiger partial charge in [0.1, 0.15) is 12.4 Å². The van der Waals surface area contributed by atoms with Crippen molar-refractivity contribution in [3.63, 3.8) is 0 Å². The minimum atomic E-state index is -0.225. The van der Waals surface area contributed by atoms with E-state index in [-0.39, 0.29) is 18.2 Å². The van der Waals surface area contributed by atoms with Crippen LogP contribution < -0.4 is 14.8 Å². The summed E-state index contributed by atoms with van der Waals surface area (Å²) in [5.41, 5.74) is 3.10. The highest BCUT2D eigenvalue weighted by molar-refractivity contribution is 6.30. The van der Waals surface area contributed by atoms with Crippen molar-refractivity contribution in [1.82, 2.24) is 5.32 Å². The summed E-state index contributed by atoms with van der Waals surface area (Å²) in [6, 6.07) is 19.9. The molecule has 0 spiro atoms. The third-order valence-corrected chi connectivity index (χ3v) is 4.32. The molecule has 0 fully saturated rings. The third-order valence-electron chi connectivity index (χ3n) is 4.08. The van der Waals surface area contributed by atoms with Gasteiger partial charge in [0.05, 0.1) is 7.11 Å². The molecule has 0 bridgehead atoms. The van der Waals surface area contributed by atoms with Crippen LogP contribution in [0, 0.1) is 5.82 Å². The van der Waals surface area contributed by atoms with Gasteiger partial charge in [0.15, 0.2) is 11.5 Å². The van der Waals surface area contributed by atoms with E-state index < -0.39 is 0 Å². The van der Waals surface area contributed by atoms with Gasteiger partial charge >= 0.3 is 0 Å². The fourth-order valence-corrected chi connectivity index (χ4v) is 2.90. The first-order chi connectivity index (χ1) is 13.1. The monoisotopic (exact) mass is 421 g/mol. The van der Waals surface area contributed by atoms with Crippen LogP contribution in [0.4, 0.5) is 4.39 Å². The molecular weight excluding hydrogens is 400 g/mol. The minimum absolute atomic E-state index is 0. The molecule has 0 unspecified atom stereocenters. The maximum atomic E-state index is 12.9. The third kappa shape index (κ3) is 6.41. The Hall–Kier alpha value is -2.27. The molecule has 3 rings (SSSR count). The zero-order valence-electron chi connectivity index (χ0n) is 15.5. The van der Waals surface area contributed by atoms with Crippen molar-refractivity contribution in [2.45, 2.75) is 19.7 Å². The van der Waals surface area contributed by atoms with Gasteiger partial charge in [-0.2, -0.15) is 0 Å². The zero-order valence-corrected chi connectivity index (χ0v) is 17.0. The molecule has 1 N–H and O–H groups in total. The van der Waals surface area contributed by atoms with Crippen LogP contribution >= 0.6 is 24.0 Å². The van der Waals surface area contributed by atoms with Gasteiger partial charge in [0.2, 0.25) is 0 Å². The lowest BCUT2D eigenvalue weighted by Gasteiger charge is -2.13. The minimum Gasteiger partial charge on any atom is -0.493 e. The summed E-state index contributed by atoms with van der Waals surface area (Å²) in [5.74, 6) is 1.13. The number of nitrogens with one attached hydrogen (secondary N) is 1. The molecule has 3 nitrogen and oxygen atoms in total. The summed E-state index contributed by atoms with van der Waals surface area (Å²) in [5, 5.41) is 4.02. The Balaban J connectivity index is 0.00000280. The Bertz CT molecular complexity index is 888. The highest BCUT2D eigenvalue weighted by Crippen LogP contribution is 2.29. The number of rotatable bonds is 8. The molecular formula is C22H22Cl2FNO2. The largest absolute Gasteiger partial charge is 0.493 e. The molecule has 0 aromatic heterocycles. The summed E-state index contributed by atoms with van der Waals surface area (Å²) >= 11 is 6.00. The highest BCUT2D eigenvalue weighted by atomic mass is 35.5. The SMILES string of the molecule is COc1cc(CNCc2ccc(F)cc2)ccc1OCc1cccc(Cl)c1.Cl. The standard InChI is InChI=1S/C22H21ClFNO2.ClH/c1-26-22-12-17(14-25-13-16-5-8-20(24)9-6-16)7-10-21(22)27-15-18-3-2-4-19(23)11-18;/h2-12,25H,13-15H2,1H3;1H. The van der Waals surface area contributed by atoms with Crippen molar-refractivity contribution in [2.75, 3.05) is 7.11 Å². The van der Waals surface area contributed by atoms with Gasteiger partial charge < -0.3 is 14.8 Å². The summed E-state index contributed by atoms with van der Waals surface area (Å²) in [7, 11) is 1.62. The Labute approximate surface area is 175 Å². The van der Waals surface area contributed by atoms with Crippen molar-refractivity contribution in [3.8, 4) is 11.5 Å². The summed E-state index contributed by atoms with van der Waals surface area (Å²) < 4.78 is 24.3. The number of hydrogen-bond donors (Lipinski definition) is 1. The molecule has 0 aliphatic rings. The molecule has 0 radical (unpaired) electrons. The van der Waals surface area contributed by atoms with E-state index in [0.29, 0.717) is 36.2 Å². The summed E-state index contributed by atoms with van der Waals surface area (Å²) in [6.45, 7) is 1.75. The number of hydrogen-bond acceptors (Lipinski definition) is 3. The molecule has 0 saturated heterocycles. The second kappa shape index (κ2) is 10.9. The normalized spacial score (nSPS) is 10.2. The van der Waals surface area contributed by atoms with E-state index >= 15 is 0 Å². The van der Waals surface area contributed by atoms with Gasteiger partial charge in [-0.15, -0.1) is 12.4 Å². The van der Waals surface area contributed by atoms with Crippen molar-refractivity contribution in [3.05, 3.63) is 94.3 Å². The maximum absolute atomic E-state index is 12.9. The van der Waals surface area contributed by atoms with Crippen LogP contribution in [0.3, 0.4) is 0 Å². The van der Waals surface area contributed by atoms with Crippen molar-refractivity contribution < 1.29 is 13.9 Å². The van der Waals surface area contributed by atoms with Gasteiger partial charge in [-0.05, 0) is 53.1 Å². The Morgan fingerprint density at radius 2 is 1.57 bits per heavy atom. The number of benzene rings is 3. The van der Waals surface area contributed by atoms with Crippen LogP contribution in [0.1, 0.15) is 16.7 Å². The first-order valence-electron chi connectivity index (χ1n) is 8.63. The second-order valence-electron chi connectivity index (χ2n) is 6.13. The molecule has 148 valence electrons. The van der Waals surface area contributed by atoms with Gasteiger partial charge in [-0.1, -0.05) is 41.9 Å². The fourth-order valence-electron chi connectivity index (χ4n) is 2.68. The average Bonchev–Trinajstić information content (AvgIpc) is 2.68. The van der Waals surface area contributed by atoms with Crippen LogP contribution in [0.2, 0.25) is 5.02 Å². The molecule has 0 saturated carbocycles. The predicted octanol–water partition coefficient (Wildman–Crippen LogP) is 5.78. The van der Waals surface area contributed by atoms with E-state index in [0.717, 1.165) is 16.7 Å². The number of halogens is 3. The Morgan fingerprint density at radius 1 is 0.857 bits per heavy atom. The fraction of sp³-hybridized carbons (Fsp3) is 0.182. The number of methoxy groups -OCH3 is 1. The molecule has 0 heterocycles. The average molecular weight is 422 g/mol. The Morgan fingerprint density at radius 3 is 2.29 bits per heavy atom. The molecule has 0 amide bonds.